The molecule has 0 atom stereocenters. The Hall–Kier alpha value is -2.20. The molecule has 0 N–H and O–H groups in total. The molecule has 0 radical (unpaired) electrons. The predicted molar refractivity (Wildman–Crippen MR) is 74.3 cm³/mol. The highest BCUT2D eigenvalue weighted by molar-refractivity contribution is 6.31. The minimum Gasteiger partial charge on any atom is -0.272 e. The number of hydrogen-bond donors (Lipinski definition) is 0. The summed E-state index contributed by atoms with van der Waals surface area (Å²) in [6, 6.07) is 12.7. The lowest BCUT2D eigenvalue weighted by Crippen LogP contribution is -2.20. The van der Waals surface area contributed by atoms with Gasteiger partial charge in [0.25, 0.3) is 5.91 Å². The van der Waals surface area contributed by atoms with Gasteiger partial charge in [0, 0.05) is 11.2 Å². The Balaban J connectivity index is 1.96. The third-order valence-electron chi connectivity index (χ3n) is 2.80. The molecule has 4 nitrogen and oxygen atoms in total. The Morgan fingerprint density at radius 3 is 2.79 bits per heavy atom. The molecule has 0 aliphatic carbocycles. The standard InChI is InChI=1S/C14H10ClN3O/c15-11-5-3-4-10(8-11)12-9-14(19)18(17-12)13-6-1-2-7-16-13/h1-8H,9H2. The molecule has 1 amide bonds. The van der Waals surface area contributed by atoms with Crippen LogP contribution < -0.4 is 5.01 Å². The molecule has 5 heteroatoms. The van der Waals surface area contributed by atoms with Crippen molar-refractivity contribution in [3.8, 4) is 0 Å². The van der Waals surface area contributed by atoms with Gasteiger partial charge in [-0.1, -0.05) is 29.8 Å². The quantitative estimate of drug-likeness (QED) is 0.843. The van der Waals surface area contributed by atoms with Gasteiger partial charge in [-0.25, -0.2) is 4.98 Å². The molecule has 2 aromatic rings. The highest BCUT2D eigenvalue weighted by Crippen LogP contribution is 2.22. The third kappa shape index (κ3) is 2.35. The van der Waals surface area contributed by atoms with E-state index in [0.29, 0.717) is 16.6 Å². The normalized spacial score (nSPS) is 14.7. The molecule has 0 fully saturated rings. The van der Waals surface area contributed by atoms with Gasteiger partial charge in [0.1, 0.15) is 0 Å². The van der Waals surface area contributed by atoms with E-state index in [2.05, 4.69) is 10.1 Å². The van der Waals surface area contributed by atoms with Crippen molar-refractivity contribution in [3.05, 3.63) is 59.2 Å². The van der Waals surface area contributed by atoms with E-state index < -0.39 is 0 Å². The summed E-state index contributed by atoms with van der Waals surface area (Å²) < 4.78 is 0. The first-order chi connectivity index (χ1) is 9.24. The molecule has 3 rings (SSSR count). The number of rotatable bonds is 2. The molecule has 1 aliphatic rings. The van der Waals surface area contributed by atoms with Crippen molar-refractivity contribution in [2.45, 2.75) is 6.42 Å². The van der Waals surface area contributed by atoms with Crippen LogP contribution in [0.4, 0.5) is 5.82 Å². The van der Waals surface area contributed by atoms with Crippen molar-refractivity contribution in [2.24, 2.45) is 5.10 Å². The van der Waals surface area contributed by atoms with Crippen molar-refractivity contribution in [1.82, 2.24) is 4.98 Å². The molecular weight excluding hydrogens is 262 g/mol. The van der Waals surface area contributed by atoms with Crippen molar-refractivity contribution in [1.29, 1.82) is 0 Å². The second-order valence-corrected chi connectivity index (χ2v) is 4.56. The van der Waals surface area contributed by atoms with E-state index in [0.717, 1.165) is 5.56 Å². The van der Waals surface area contributed by atoms with Gasteiger partial charge in [0.15, 0.2) is 5.82 Å². The first-order valence-electron chi connectivity index (χ1n) is 5.81. The van der Waals surface area contributed by atoms with Crippen molar-refractivity contribution in [2.75, 3.05) is 5.01 Å². The molecule has 0 saturated carbocycles. The zero-order chi connectivity index (χ0) is 13.2. The summed E-state index contributed by atoms with van der Waals surface area (Å²) in [5.74, 6) is 0.443. The van der Waals surface area contributed by atoms with E-state index in [9.17, 15) is 4.79 Å². The zero-order valence-corrected chi connectivity index (χ0v) is 10.7. The van der Waals surface area contributed by atoms with Gasteiger partial charge >= 0.3 is 0 Å². The largest absolute Gasteiger partial charge is 0.272 e. The molecule has 2 heterocycles. The Labute approximate surface area is 115 Å². The van der Waals surface area contributed by atoms with Crippen LogP contribution in [0.5, 0.6) is 0 Å². The molecule has 1 aromatic carbocycles. The molecule has 1 aromatic heterocycles. The van der Waals surface area contributed by atoms with Gasteiger partial charge in [-0.15, -0.1) is 0 Å². The zero-order valence-electron chi connectivity index (χ0n) is 9.95. The van der Waals surface area contributed by atoms with Crippen LogP contribution in [0.25, 0.3) is 0 Å². The van der Waals surface area contributed by atoms with Crippen LogP contribution in [-0.4, -0.2) is 16.6 Å². The van der Waals surface area contributed by atoms with Crippen molar-refractivity contribution in [3.63, 3.8) is 0 Å². The van der Waals surface area contributed by atoms with Gasteiger partial charge in [0.2, 0.25) is 0 Å². The summed E-state index contributed by atoms with van der Waals surface area (Å²) in [5, 5.41) is 6.29. The number of anilines is 1. The second-order valence-electron chi connectivity index (χ2n) is 4.13. The summed E-state index contributed by atoms with van der Waals surface area (Å²) >= 11 is 5.95. The molecule has 0 spiro atoms. The minimum absolute atomic E-state index is 0.0892. The SMILES string of the molecule is O=C1CC(c2cccc(Cl)c2)=NN1c1ccccn1. The first kappa shape index (κ1) is 11.9. The molecular formula is C14H10ClN3O. The van der Waals surface area contributed by atoms with E-state index in [1.165, 1.54) is 5.01 Å². The first-order valence-corrected chi connectivity index (χ1v) is 6.19. The lowest BCUT2D eigenvalue weighted by molar-refractivity contribution is -0.116. The number of nitrogens with zero attached hydrogens (tertiary/aromatic N) is 3. The monoisotopic (exact) mass is 271 g/mol. The Morgan fingerprint density at radius 1 is 1.16 bits per heavy atom. The number of carbonyl (C=O) groups is 1. The summed E-state index contributed by atoms with van der Waals surface area (Å²) in [6.45, 7) is 0. The summed E-state index contributed by atoms with van der Waals surface area (Å²) in [4.78, 5) is 16.1. The number of benzene rings is 1. The smallest absolute Gasteiger partial charge is 0.254 e. The van der Waals surface area contributed by atoms with Crippen LogP contribution in [0.3, 0.4) is 0 Å². The summed E-state index contributed by atoms with van der Waals surface area (Å²) in [7, 11) is 0. The predicted octanol–water partition coefficient (Wildman–Crippen LogP) is 2.88. The number of hydrogen-bond acceptors (Lipinski definition) is 3. The van der Waals surface area contributed by atoms with Gasteiger partial charge in [-0.05, 0) is 29.8 Å². The Kier molecular flexibility index (Phi) is 3.01. The minimum atomic E-state index is -0.0892. The lowest BCUT2D eigenvalue weighted by Gasteiger charge is -2.08. The number of amides is 1. The molecule has 0 unspecified atom stereocenters. The van der Waals surface area contributed by atoms with Gasteiger partial charge in [-0.2, -0.15) is 10.1 Å². The van der Waals surface area contributed by atoms with Crippen LogP contribution in [0.2, 0.25) is 5.02 Å². The third-order valence-corrected chi connectivity index (χ3v) is 3.03. The maximum absolute atomic E-state index is 12.0. The molecule has 0 saturated heterocycles. The topological polar surface area (TPSA) is 45.6 Å². The van der Waals surface area contributed by atoms with Gasteiger partial charge < -0.3 is 0 Å². The highest BCUT2D eigenvalue weighted by atomic mass is 35.5. The molecule has 94 valence electrons. The Bertz CT molecular complexity index is 655. The van der Waals surface area contributed by atoms with Crippen molar-refractivity contribution >= 4 is 29.0 Å². The number of carbonyl (C=O) groups excluding carboxylic acids is 1. The van der Waals surface area contributed by atoms with Gasteiger partial charge in [-0.3, -0.25) is 4.79 Å². The average molecular weight is 272 g/mol. The molecule has 0 bridgehead atoms. The molecule has 1 aliphatic heterocycles. The van der Waals surface area contributed by atoms with E-state index in [1.54, 1.807) is 30.5 Å². The second kappa shape index (κ2) is 4.82. The van der Waals surface area contributed by atoms with E-state index >= 15 is 0 Å². The van der Waals surface area contributed by atoms with Crippen LogP contribution in [0.15, 0.2) is 53.8 Å². The fraction of sp³-hybridized carbons (Fsp3) is 0.0714. The van der Waals surface area contributed by atoms with E-state index in [-0.39, 0.29) is 12.3 Å². The van der Waals surface area contributed by atoms with E-state index in [1.807, 2.05) is 18.2 Å². The number of pyridine rings is 1. The van der Waals surface area contributed by atoms with Crippen molar-refractivity contribution < 1.29 is 4.79 Å². The summed E-state index contributed by atoms with van der Waals surface area (Å²) in [6.07, 6.45) is 1.90. The fourth-order valence-corrected chi connectivity index (χ4v) is 2.11. The van der Waals surface area contributed by atoms with Gasteiger partial charge in [0.05, 0.1) is 12.1 Å². The highest BCUT2D eigenvalue weighted by Gasteiger charge is 2.26. The number of aromatic nitrogens is 1. The maximum atomic E-state index is 12.0. The Morgan fingerprint density at radius 2 is 2.05 bits per heavy atom. The van der Waals surface area contributed by atoms with E-state index in [4.69, 9.17) is 11.6 Å². The summed E-state index contributed by atoms with van der Waals surface area (Å²) in [5.41, 5.74) is 1.57. The van der Waals surface area contributed by atoms with Crippen LogP contribution in [0.1, 0.15) is 12.0 Å². The van der Waals surface area contributed by atoms with Crippen LogP contribution >= 0.6 is 11.6 Å². The molecule has 19 heavy (non-hydrogen) atoms. The van der Waals surface area contributed by atoms with Crippen LogP contribution in [-0.2, 0) is 4.79 Å². The maximum Gasteiger partial charge on any atom is 0.254 e. The lowest BCUT2D eigenvalue weighted by atomic mass is 10.1. The average Bonchev–Trinajstić information content (AvgIpc) is 2.82. The van der Waals surface area contributed by atoms with Crippen LogP contribution in [0, 0.1) is 0 Å². The fourth-order valence-electron chi connectivity index (χ4n) is 1.92. The number of halogens is 1. The number of hydrazone groups is 1.